The molecule has 152 valence electrons. The summed E-state index contributed by atoms with van der Waals surface area (Å²) in [5, 5.41) is 0. The van der Waals surface area contributed by atoms with Gasteiger partial charge in [-0.1, -0.05) is 84.9 Å². The first kappa shape index (κ1) is 20.0. The van der Waals surface area contributed by atoms with Crippen LogP contribution < -0.4 is 4.74 Å². The first-order valence-corrected chi connectivity index (χ1v) is 10.6. The number of amides is 1. The Morgan fingerprint density at radius 3 is 2.43 bits per heavy atom. The maximum absolute atomic E-state index is 13.2. The molecule has 0 fully saturated rings. The molecule has 30 heavy (non-hydrogen) atoms. The molecule has 1 amide bonds. The first-order chi connectivity index (χ1) is 14.8. The Morgan fingerprint density at radius 1 is 0.933 bits per heavy atom. The largest absolute Gasteiger partial charge is 0.484 e. The quantitative estimate of drug-likeness (QED) is 0.513. The lowest BCUT2D eigenvalue weighted by molar-refractivity contribution is -0.135. The Labute approximate surface area is 178 Å². The molecule has 0 bridgehead atoms. The highest BCUT2D eigenvalue weighted by atomic mass is 16.5. The van der Waals surface area contributed by atoms with Gasteiger partial charge in [-0.25, -0.2) is 0 Å². The lowest BCUT2D eigenvalue weighted by Crippen LogP contribution is -2.39. The molecule has 1 aliphatic carbocycles. The minimum atomic E-state index is 0.0123. The Morgan fingerprint density at radius 2 is 1.63 bits per heavy atom. The second-order valence-electron chi connectivity index (χ2n) is 7.57. The van der Waals surface area contributed by atoms with Crippen molar-refractivity contribution in [1.29, 1.82) is 0 Å². The van der Waals surface area contributed by atoms with Crippen LogP contribution in [0.5, 0.6) is 5.75 Å². The second kappa shape index (κ2) is 9.93. The van der Waals surface area contributed by atoms with E-state index in [1.54, 1.807) is 0 Å². The molecule has 3 heteroatoms. The van der Waals surface area contributed by atoms with Crippen LogP contribution >= 0.6 is 0 Å². The summed E-state index contributed by atoms with van der Waals surface area (Å²) in [7, 11) is 0. The van der Waals surface area contributed by atoms with Gasteiger partial charge in [-0.05, 0) is 48.1 Å². The van der Waals surface area contributed by atoms with Crippen LogP contribution in [-0.4, -0.2) is 24.0 Å². The molecule has 1 atom stereocenters. The molecule has 3 aromatic carbocycles. The van der Waals surface area contributed by atoms with E-state index in [2.05, 4.69) is 48.6 Å². The molecule has 4 rings (SSSR count). The maximum Gasteiger partial charge on any atom is 0.261 e. The molecule has 0 heterocycles. The van der Waals surface area contributed by atoms with Crippen LogP contribution in [0.3, 0.4) is 0 Å². The zero-order valence-electron chi connectivity index (χ0n) is 17.1. The summed E-state index contributed by atoms with van der Waals surface area (Å²) < 4.78 is 5.78. The SMILES string of the molecule is O=C(COc1ccccc1)N(C/C=C/c1ccccc1)C1CCCc2ccccc21. The number of carbonyl (C=O) groups excluding carboxylic acids is 1. The van der Waals surface area contributed by atoms with Crippen molar-refractivity contribution in [1.82, 2.24) is 4.90 Å². The predicted octanol–water partition coefficient (Wildman–Crippen LogP) is 5.69. The van der Waals surface area contributed by atoms with Gasteiger partial charge in [0.15, 0.2) is 6.61 Å². The smallest absolute Gasteiger partial charge is 0.261 e. The average molecular weight is 398 g/mol. The average Bonchev–Trinajstić information content (AvgIpc) is 2.81. The number of carbonyl (C=O) groups is 1. The van der Waals surface area contributed by atoms with Crippen molar-refractivity contribution in [3.8, 4) is 5.75 Å². The van der Waals surface area contributed by atoms with E-state index in [1.165, 1.54) is 11.1 Å². The number of ether oxygens (including phenoxy) is 1. The van der Waals surface area contributed by atoms with Crippen LogP contribution in [0.15, 0.2) is 91.0 Å². The molecule has 3 aromatic rings. The van der Waals surface area contributed by atoms with Crippen molar-refractivity contribution in [2.45, 2.75) is 25.3 Å². The molecule has 0 N–H and O–H groups in total. The van der Waals surface area contributed by atoms with E-state index in [0.29, 0.717) is 6.54 Å². The number of rotatable bonds is 7. The molecule has 0 spiro atoms. The number of aryl methyl sites for hydroxylation is 1. The molecule has 1 unspecified atom stereocenters. The third-order valence-corrected chi connectivity index (χ3v) is 5.55. The van der Waals surface area contributed by atoms with E-state index in [0.717, 1.165) is 30.6 Å². The monoisotopic (exact) mass is 397 g/mol. The lowest BCUT2D eigenvalue weighted by atomic mass is 9.86. The van der Waals surface area contributed by atoms with E-state index >= 15 is 0 Å². The highest BCUT2D eigenvalue weighted by Crippen LogP contribution is 2.34. The predicted molar refractivity (Wildman–Crippen MR) is 121 cm³/mol. The summed E-state index contributed by atoms with van der Waals surface area (Å²) in [6.07, 6.45) is 7.30. The number of para-hydroxylation sites is 1. The van der Waals surface area contributed by atoms with Crippen LogP contribution in [0.1, 0.15) is 35.6 Å². The normalized spacial score (nSPS) is 15.5. The molecule has 0 saturated carbocycles. The standard InChI is InChI=1S/C27H27NO2/c29-27(21-30-24-16-5-2-6-17-24)28(20-10-13-22-11-3-1-4-12-22)26-19-9-15-23-14-7-8-18-25(23)26/h1-8,10-14,16-18,26H,9,15,19-21H2/b13-10+. The Bertz CT molecular complexity index is 982. The Hall–Kier alpha value is -3.33. The van der Waals surface area contributed by atoms with Gasteiger partial charge in [0.1, 0.15) is 5.75 Å². The molecular weight excluding hydrogens is 370 g/mol. The van der Waals surface area contributed by atoms with E-state index in [1.807, 2.05) is 53.4 Å². The number of hydrogen-bond acceptors (Lipinski definition) is 2. The van der Waals surface area contributed by atoms with Crippen LogP contribution in [0.4, 0.5) is 0 Å². The topological polar surface area (TPSA) is 29.5 Å². The molecule has 3 nitrogen and oxygen atoms in total. The highest BCUT2D eigenvalue weighted by Gasteiger charge is 2.28. The fourth-order valence-corrected chi connectivity index (χ4v) is 4.07. The summed E-state index contributed by atoms with van der Waals surface area (Å²) in [6, 6.07) is 28.3. The third kappa shape index (κ3) is 4.98. The minimum absolute atomic E-state index is 0.0123. The Balaban J connectivity index is 1.53. The van der Waals surface area contributed by atoms with Crippen LogP contribution in [0, 0.1) is 0 Å². The maximum atomic E-state index is 13.2. The van der Waals surface area contributed by atoms with Gasteiger partial charge < -0.3 is 9.64 Å². The lowest BCUT2D eigenvalue weighted by Gasteiger charge is -2.35. The minimum Gasteiger partial charge on any atom is -0.484 e. The van der Waals surface area contributed by atoms with Gasteiger partial charge in [0, 0.05) is 6.54 Å². The van der Waals surface area contributed by atoms with E-state index in [-0.39, 0.29) is 18.6 Å². The molecular formula is C27H27NO2. The number of benzene rings is 3. The molecule has 0 saturated heterocycles. The van der Waals surface area contributed by atoms with Gasteiger partial charge in [0.2, 0.25) is 0 Å². The van der Waals surface area contributed by atoms with Gasteiger partial charge in [0.25, 0.3) is 5.91 Å². The van der Waals surface area contributed by atoms with Crippen molar-refractivity contribution < 1.29 is 9.53 Å². The zero-order valence-corrected chi connectivity index (χ0v) is 17.1. The zero-order chi connectivity index (χ0) is 20.6. The summed E-state index contributed by atoms with van der Waals surface area (Å²) in [6.45, 7) is 0.604. The number of hydrogen-bond donors (Lipinski definition) is 0. The number of fused-ring (bicyclic) bond motifs is 1. The van der Waals surface area contributed by atoms with Gasteiger partial charge in [-0.2, -0.15) is 0 Å². The third-order valence-electron chi connectivity index (χ3n) is 5.55. The highest BCUT2D eigenvalue weighted by molar-refractivity contribution is 5.78. The van der Waals surface area contributed by atoms with Gasteiger partial charge in [-0.15, -0.1) is 0 Å². The Kier molecular flexibility index (Phi) is 6.61. The van der Waals surface area contributed by atoms with Crippen molar-refractivity contribution in [3.63, 3.8) is 0 Å². The molecule has 1 aliphatic rings. The van der Waals surface area contributed by atoms with Crippen molar-refractivity contribution in [2.75, 3.05) is 13.2 Å². The van der Waals surface area contributed by atoms with Gasteiger partial charge in [-0.3, -0.25) is 4.79 Å². The van der Waals surface area contributed by atoms with E-state index in [9.17, 15) is 4.79 Å². The van der Waals surface area contributed by atoms with Crippen molar-refractivity contribution in [3.05, 3.63) is 108 Å². The second-order valence-corrected chi connectivity index (χ2v) is 7.57. The van der Waals surface area contributed by atoms with Gasteiger partial charge >= 0.3 is 0 Å². The van der Waals surface area contributed by atoms with Crippen molar-refractivity contribution >= 4 is 12.0 Å². The van der Waals surface area contributed by atoms with Crippen LogP contribution in [-0.2, 0) is 11.2 Å². The fraction of sp³-hybridized carbons (Fsp3) is 0.222. The first-order valence-electron chi connectivity index (χ1n) is 10.6. The summed E-state index contributed by atoms with van der Waals surface area (Å²) in [5.74, 6) is 0.730. The fourth-order valence-electron chi connectivity index (χ4n) is 4.07. The van der Waals surface area contributed by atoms with E-state index in [4.69, 9.17) is 4.74 Å². The van der Waals surface area contributed by atoms with Crippen LogP contribution in [0.25, 0.3) is 6.08 Å². The van der Waals surface area contributed by atoms with Crippen molar-refractivity contribution in [2.24, 2.45) is 0 Å². The van der Waals surface area contributed by atoms with Crippen LogP contribution in [0.2, 0.25) is 0 Å². The molecule has 0 radical (unpaired) electrons. The number of nitrogens with zero attached hydrogens (tertiary/aromatic N) is 1. The summed E-state index contributed by atoms with van der Waals surface area (Å²) in [4.78, 5) is 15.2. The summed E-state index contributed by atoms with van der Waals surface area (Å²) >= 11 is 0. The molecule has 0 aliphatic heterocycles. The molecule has 0 aromatic heterocycles. The van der Waals surface area contributed by atoms with Gasteiger partial charge in [0.05, 0.1) is 6.04 Å². The summed E-state index contributed by atoms with van der Waals surface area (Å²) in [5.41, 5.74) is 3.75. The van der Waals surface area contributed by atoms with E-state index < -0.39 is 0 Å².